The predicted octanol–water partition coefficient (Wildman–Crippen LogP) is 2.38. The summed E-state index contributed by atoms with van der Waals surface area (Å²) in [6.45, 7) is 2.99. The van der Waals surface area contributed by atoms with E-state index in [1.54, 1.807) is 0 Å². The van der Waals surface area contributed by atoms with Gasteiger partial charge in [-0.1, -0.05) is 25.5 Å². The van der Waals surface area contributed by atoms with Crippen LogP contribution in [0.1, 0.15) is 43.0 Å². The molecule has 0 aromatic heterocycles. The van der Waals surface area contributed by atoms with Crippen LogP contribution in [0.2, 0.25) is 0 Å². The summed E-state index contributed by atoms with van der Waals surface area (Å²) >= 11 is 0. The fraction of sp³-hybridized carbons (Fsp3) is 0.500. The fourth-order valence-electron chi connectivity index (χ4n) is 2.11. The molecule has 3 N–H and O–H groups in total. The van der Waals surface area contributed by atoms with Gasteiger partial charge < -0.3 is 10.3 Å². The Morgan fingerprint density at radius 2 is 2.17 bits per heavy atom. The summed E-state index contributed by atoms with van der Waals surface area (Å²) in [6.07, 6.45) is 4.43. The van der Waals surface area contributed by atoms with Crippen molar-refractivity contribution in [3.8, 4) is 0 Å². The lowest BCUT2D eigenvalue weighted by molar-refractivity contribution is 0.0741. The topological polar surface area (TPSA) is 58.4 Å². The van der Waals surface area contributed by atoms with Crippen molar-refractivity contribution in [2.75, 3.05) is 12.0 Å². The Kier molecular flexibility index (Phi) is 4.20. The maximum Gasteiger partial charge on any atom is 0.256 e. The van der Waals surface area contributed by atoms with Gasteiger partial charge in [0, 0.05) is 12.6 Å². The van der Waals surface area contributed by atoms with Crippen LogP contribution in [0.5, 0.6) is 0 Å². The summed E-state index contributed by atoms with van der Waals surface area (Å²) in [5.41, 5.74) is 3.97. The highest BCUT2D eigenvalue weighted by Crippen LogP contribution is 2.29. The fourth-order valence-corrected chi connectivity index (χ4v) is 2.11. The molecule has 0 radical (unpaired) electrons. The molecule has 1 amide bonds. The van der Waals surface area contributed by atoms with Crippen molar-refractivity contribution in [1.82, 2.24) is 4.90 Å². The van der Waals surface area contributed by atoms with Crippen molar-refractivity contribution in [2.45, 2.75) is 38.6 Å². The zero-order chi connectivity index (χ0) is 13.0. The summed E-state index contributed by atoms with van der Waals surface area (Å²) in [5.74, 6) is 5.56. The van der Waals surface area contributed by atoms with Crippen molar-refractivity contribution in [1.29, 1.82) is 0 Å². The van der Waals surface area contributed by atoms with Gasteiger partial charge in [0.2, 0.25) is 0 Å². The van der Waals surface area contributed by atoms with Crippen LogP contribution in [0.25, 0.3) is 0 Å². The molecule has 4 nitrogen and oxygen atoms in total. The first-order valence-corrected chi connectivity index (χ1v) is 6.64. The number of nitrogens with two attached hydrogens (primary N) is 1. The number of unbranched alkanes of at least 4 members (excludes halogenated alkanes) is 1. The number of para-hydroxylation sites is 1. The molecule has 0 atom stereocenters. The summed E-state index contributed by atoms with van der Waals surface area (Å²) in [7, 11) is 0. The van der Waals surface area contributed by atoms with Gasteiger partial charge in [0.25, 0.3) is 5.91 Å². The van der Waals surface area contributed by atoms with Crippen molar-refractivity contribution in [3.63, 3.8) is 0 Å². The number of carbonyl (C=O) groups excluding carboxylic acids is 1. The van der Waals surface area contributed by atoms with Crippen molar-refractivity contribution in [2.24, 2.45) is 5.84 Å². The molecule has 1 aromatic rings. The number of nitrogen functional groups attached to an aromatic ring is 1. The van der Waals surface area contributed by atoms with Gasteiger partial charge in [0.15, 0.2) is 0 Å². The molecule has 0 saturated heterocycles. The molecule has 0 aliphatic heterocycles. The van der Waals surface area contributed by atoms with E-state index in [2.05, 4.69) is 12.3 Å². The first-order chi connectivity index (χ1) is 8.77. The molecular formula is C14H21N3O. The number of carbonyl (C=O) groups is 1. The van der Waals surface area contributed by atoms with Gasteiger partial charge in [-0.2, -0.15) is 0 Å². The van der Waals surface area contributed by atoms with Crippen LogP contribution in [-0.4, -0.2) is 23.4 Å². The van der Waals surface area contributed by atoms with Crippen LogP contribution in [0.4, 0.5) is 5.69 Å². The number of hydrogen-bond donors (Lipinski definition) is 2. The predicted molar refractivity (Wildman–Crippen MR) is 73.2 cm³/mol. The molecule has 1 aliphatic carbocycles. The Hall–Kier alpha value is -1.55. The molecule has 1 aliphatic rings. The number of hydrogen-bond acceptors (Lipinski definition) is 3. The highest BCUT2D eigenvalue weighted by Gasteiger charge is 2.33. The number of anilines is 1. The highest BCUT2D eigenvalue weighted by molar-refractivity contribution is 5.99. The molecule has 1 fully saturated rings. The van der Waals surface area contributed by atoms with Crippen LogP contribution in [0.15, 0.2) is 24.3 Å². The zero-order valence-electron chi connectivity index (χ0n) is 10.9. The average Bonchev–Trinajstić information content (AvgIpc) is 3.23. The number of benzene rings is 1. The van der Waals surface area contributed by atoms with Gasteiger partial charge in [-0.3, -0.25) is 10.6 Å². The molecule has 18 heavy (non-hydrogen) atoms. The van der Waals surface area contributed by atoms with E-state index in [-0.39, 0.29) is 5.91 Å². The van der Waals surface area contributed by atoms with E-state index in [0.29, 0.717) is 17.3 Å². The zero-order valence-corrected chi connectivity index (χ0v) is 10.9. The third kappa shape index (κ3) is 2.82. The molecule has 1 aromatic carbocycles. The lowest BCUT2D eigenvalue weighted by atomic mass is 10.1. The summed E-state index contributed by atoms with van der Waals surface area (Å²) in [4.78, 5) is 14.5. The van der Waals surface area contributed by atoms with Gasteiger partial charge in [-0.05, 0) is 31.4 Å². The highest BCUT2D eigenvalue weighted by atomic mass is 16.2. The minimum Gasteiger partial charge on any atom is -0.336 e. The maximum absolute atomic E-state index is 12.5. The quantitative estimate of drug-likeness (QED) is 0.599. The minimum atomic E-state index is 0.0968. The molecule has 0 spiro atoms. The van der Waals surface area contributed by atoms with E-state index < -0.39 is 0 Å². The van der Waals surface area contributed by atoms with Crippen LogP contribution >= 0.6 is 0 Å². The molecule has 0 bridgehead atoms. The number of hydrazine groups is 1. The Balaban J connectivity index is 2.16. The van der Waals surface area contributed by atoms with Crippen LogP contribution in [0.3, 0.4) is 0 Å². The van der Waals surface area contributed by atoms with Gasteiger partial charge in [-0.25, -0.2) is 0 Å². The minimum absolute atomic E-state index is 0.0968. The Bertz CT molecular complexity index is 415. The lowest BCUT2D eigenvalue weighted by Crippen LogP contribution is -2.34. The Labute approximate surface area is 108 Å². The van der Waals surface area contributed by atoms with E-state index >= 15 is 0 Å². The number of amides is 1. The van der Waals surface area contributed by atoms with E-state index in [1.807, 2.05) is 29.2 Å². The largest absolute Gasteiger partial charge is 0.336 e. The first kappa shape index (κ1) is 12.9. The van der Waals surface area contributed by atoms with Gasteiger partial charge in [0.05, 0.1) is 11.3 Å². The molecule has 1 saturated carbocycles. The van der Waals surface area contributed by atoms with Gasteiger partial charge >= 0.3 is 0 Å². The van der Waals surface area contributed by atoms with E-state index in [4.69, 9.17) is 5.84 Å². The number of nitrogens with one attached hydrogen (secondary N) is 1. The van der Waals surface area contributed by atoms with Crippen LogP contribution in [-0.2, 0) is 0 Å². The lowest BCUT2D eigenvalue weighted by Gasteiger charge is -2.23. The van der Waals surface area contributed by atoms with Crippen molar-refractivity contribution in [3.05, 3.63) is 29.8 Å². The number of nitrogens with zero attached hydrogens (tertiary/aromatic N) is 1. The molecule has 2 rings (SSSR count). The number of rotatable bonds is 6. The van der Waals surface area contributed by atoms with Crippen LogP contribution < -0.4 is 11.3 Å². The second kappa shape index (κ2) is 5.87. The first-order valence-electron chi connectivity index (χ1n) is 6.64. The Morgan fingerprint density at radius 1 is 1.44 bits per heavy atom. The normalized spacial score (nSPS) is 14.3. The third-order valence-electron chi connectivity index (χ3n) is 3.31. The molecule has 98 valence electrons. The summed E-state index contributed by atoms with van der Waals surface area (Å²) in [5, 5.41) is 0. The van der Waals surface area contributed by atoms with Crippen molar-refractivity contribution < 1.29 is 4.79 Å². The molecule has 0 heterocycles. The second-order valence-electron chi connectivity index (χ2n) is 4.77. The standard InChI is InChI=1S/C14H21N3O/c1-2-3-10-17(11-8-9-11)14(18)12-6-4-5-7-13(12)16-15/h4-7,11,16H,2-3,8-10,15H2,1H3. The van der Waals surface area contributed by atoms with E-state index in [0.717, 1.165) is 32.2 Å². The van der Waals surface area contributed by atoms with E-state index in [9.17, 15) is 4.79 Å². The average molecular weight is 247 g/mol. The van der Waals surface area contributed by atoms with Crippen LogP contribution in [0, 0.1) is 0 Å². The van der Waals surface area contributed by atoms with E-state index in [1.165, 1.54) is 0 Å². The Morgan fingerprint density at radius 3 is 2.78 bits per heavy atom. The molecule has 4 heteroatoms. The SMILES string of the molecule is CCCCN(C(=O)c1ccccc1NN)C1CC1. The monoisotopic (exact) mass is 247 g/mol. The van der Waals surface area contributed by atoms with Crippen molar-refractivity contribution >= 4 is 11.6 Å². The summed E-state index contributed by atoms with van der Waals surface area (Å²) in [6, 6.07) is 7.85. The molecule has 0 unspecified atom stereocenters. The second-order valence-corrected chi connectivity index (χ2v) is 4.77. The maximum atomic E-state index is 12.5. The smallest absolute Gasteiger partial charge is 0.256 e. The summed E-state index contributed by atoms with van der Waals surface area (Å²) < 4.78 is 0. The van der Waals surface area contributed by atoms with Gasteiger partial charge in [-0.15, -0.1) is 0 Å². The van der Waals surface area contributed by atoms with Gasteiger partial charge in [0.1, 0.15) is 0 Å². The molecular weight excluding hydrogens is 226 g/mol. The third-order valence-corrected chi connectivity index (χ3v) is 3.31.